The first-order chi connectivity index (χ1) is 18.4. The second-order valence-electron chi connectivity index (χ2n) is 8.64. The van der Waals surface area contributed by atoms with Gasteiger partial charge in [0.05, 0.1) is 28.4 Å². The molecular weight excluding hydrogens is 511 g/mol. The highest BCUT2D eigenvalue weighted by atomic mass is 32.1. The Morgan fingerprint density at radius 3 is 2.61 bits per heavy atom. The molecule has 192 valence electrons. The Morgan fingerprint density at radius 1 is 1.08 bits per heavy atom. The predicted molar refractivity (Wildman–Crippen MR) is 139 cm³/mol. The van der Waals surface area contributed by atoms with Gasteiger partial charge in [-0.25, -0.2) is 9.37 Å². The number of fused-ring (bicyclic) bond motifs is 2. The minimum atomic E-state index is -1.03. The standard InChI is InChI=1S/C28H21FN2O6S/c1-2-35-18-8-9-19-22(14-18)38-28(30-19)31-24(15-3-6-17(29)7-4-15)23(26(33)27(31)34)25(32)16-5-10-20-21(13-16)37-12-11-36-20/h3-10,13-14,24,32H,2,11-12H2,1H3. The Balaban J connectivity index is 1.51. The molecule has 6 rings (SSSR count). The molecule has 0 bridgehead atoms. The van der Waals surface area contributed by atoms with Gasteiger partial charge in [0.25, 0.3) is 5.78 Å². The maximum absolute atomic E-state index is 13.8. The van der Waals surface area contributed by atoms with Crippen molar-refractivity contribution in [3.8, 4) is 17.2 Å². The monoisotopic (exact) mass is 532 g/mol. The molecule has 3 aromatic carbocycles. The average molecular weight is 533 g/mol. The van der Waals surface area contributed by atoms with Gasteiger partial charge in [0.1, 0.15) is 30.5 Å². The fourth-order valence-electron chi connectivity index (χ4n) is 4.59. The molecule has 1 fully saturated rings. The van der Waals surface area contributed by atoms with Crippen LogP contribution in [0.4, 0.5) is 9.52 Å². The van der Waals surface area contributed by atoms with Gasteiger partial charge in [-0.1, -0.05) is 23.5 Å². The van der Waals surface area contributed by atoms with Crippen LogP contribution in [0, 0.1) is 5.82 Å². The van der Waals surface area contributed by atoms with Crippen molar-refractivity contribution in [2.45, 2.75) is 13.0 Å². The summed E-state index contributed by atoms with van der Waals surface area (Å²) in [4.78, 5) is 32.7. The Hall–Kier alpha value is -4.44. The fourth-order valence-corrected chi connectivity index (χ4v) is 5.61. The molecule has 38 heavy (non-hydrogen) atoms. The molecule has 1 unspecified atom stereocenters. The first-order valence-corrected chi connectivity index (χ1v) is 12.8. The van der Waals surface area contributed by atoms with Gasteiger partial charge in [0.15, 0.2) is 16.6 Å². The minimum Gasteiger partial charge on any atom is -0.507 e. The molecule has 10 heteroatoms. The number of ketones is 1. The number of halogens is 1. The van der Waals surface area contributed by atoms with E-state index in [4.69, 9.17) is 14.2 Å². The summed E-state index contributed by atoms with van der Waals surface area (Å²) in [6.45, 7) is 3.13. The fraction of sp³-hybridized carbons (Fsp3) is 0.179. The molecular formula is C28H21FN2O6S. The van der Waals surface area contributed by atoms with Crippen molar-refractivity contribution < 1.29 is 33.3 Å². The number of aliphatic hydroxyl groups is 1. The summed E-state index contributed by atoms with van der Waals surface area (Å²) in [5.74, 6) is -0.972. The smallest absolute Gasteiger partial charge is 0.301 e. The highest BCUT2D eigenvalue weighted by Crippen LogP contribution is 2.45. The molecule has 0 aliphatic carbocycles. The summed E-state index contributed by atoms with van der Waals surface area (Å²) in [5.41, 5.74) is 1.22. The number of hydrogen-bond acceptors (Lipinski definition) is 8. The van der Waals surface area contributed by atoms with E-state index in [0.29, 0.717) is 48.1 Å². The highest BCUT2D eigenvalue weighted by Gasteiger charge is 2.48. The third-order valence-electron chi connectivity index (χ3n) is 6.31. The van der Waals surface area contributed by atoms with E-state index < -0.39 is 23.5 Å². The summed E-state index contributed by atoms with van der Waals surface area (Å²) >= 11 is 1.22. The Labute approximate surface area is 220 Å². The molecule has 8 nitrogen and oxygen atoms in total. The van der Waals surface area contributed by atoms with Crippen LogP contribution in [0.5, 0.6) is 17.2 Å². The van der Waals surface area contributed by atoms with Crippen molar-refractivity contribution in [1.82, 2.24) is 4.98 Å². The normalized spacial score (nSPS) is 18.3. The molecule has 1 saturated heterocycles. The molecule has 1 amide bonds. The van der Waals surface area contributed by atoms with Crippen LogP contribution in [-0.2, 0) is 9.59 Å². The molecule has 0 saturated carbocycles. The Morgan fingerprint density at radius 2 is 1.84 bits per heavy atom. The van der Waals surface area contributed by atoms with Crippen LogP contribution in [0.3, 0.4) is 0 Å². The Bertz CT molecular complexity index is 1610. The number of ether oxygens (including phenoxy) is 3. The number of carbonyl (C=O) groups excluding carboxylic acids is 2. The number of anilines is 1. The second kappa shape index (κ2) is 9.46. The zero-order chi connectivity index (χ0) is 26.4. The van der Waals surface area contributed by atoms with Crippen molar-refractivity contribution in [2.75, 3.05) is 24.7 Å². The summed E-state index contributed by atoms with van der Waals surface area (Å²) in [7, 11) is 0. The first kappa shape index (κ1) is 23.9. The van der Waals surface area contributed by atoms with Crippen LogP contribution < -0.4 is 19.1 Å². The number of hydrogen-bond donors (Lipinski definition) is 1. The van der Waals surface area contributed by atoms with E-state index in [-0.39, 0.29) is 22.0 Å². The van der Waals surface area contributed by atoms with E-state index in [1.165, 1.54) is 40.5 Å². The van der Waals surface area contributed by atoms with Crippen LogP contribution >= 0.6 is 11.3 Å². The second-order valence-corrected chi connectivity index (χ2v) is 9.65. The summed E-state index contributed by atoms with van der Waals surface area (Å²) < 4.78 is 31.3. The third-order valence-corrected chi connectivity index (χ3v) is 7.33. The van der Waals surface area contributed by atoms with Gasteiger partial charge in [0.2, 0.25) is 0 Å². The molecule has 3 heterocycles. The number of aromatic nitrogens is 1. The molecule has 0 spiro atoms. The maximum atomic E-state index is 13.8. The van der Waals surface area contributed by atoms with Gasteiger partial charge in [0, 0.05) is 5.56 Å². The number of aliphatic hydroxyl groups excluding tert-OH is 1. The topological polar surface area (TPSA) is 98.2 Å². The van der Waals surface area contributed by atoms with Crippen molar-refractivity contribution in [2.24, 2.45) is 0 Å². The molecule has 4 aromatic rings. The SMILES string of the molecule is CCOc1ccc2nc(N3C(=O)C(=O)C(=C(O)c4ccc5c(c4)OCCO5)C3c3ccc(F)cc3)sc2c1. The van der Waals surface area contributed by atoms with Crippen molar-refractivity contribution in [1.29, 1.82) is 0 Å². The van der Waals surface area contributed by atoms with Crippen LogP contribution in [0.15, 0.2) is 66.2 Å². The van der Waals surface area contributed by atoms with Gasteiger partial charge >= 0.3 is 5.91 Å². The lowest BCUT2D eigenvalue weighted by molar-refractivity contribution is -0.132. The lowest BCUT2D eigenvalue weighted by Gasteiger charge is -2.23. The van der Waals surface area contributed by atoms with E-state index >= 15 is 0 Å². The van der Waals surface area contributed by atoms with Crippen molar-refractivity contribution >= 4 is 44.1 Å². The summed E-state index contributed by atoms with van der Waals surface area (Å²) in [5, 5.41) is 11.6. The molecule has 2 aliphatic rings. The quantitative estimate of drug-likeness (QED) is 0.213. The van der Waals surface area contributed by atoms with Crippen LogP contribution in [0.1, 0.15) is 24.1 Å². The Kier molecular flexibility index (Phi) is 5.96. The number of nitrogens with zero attached hydrogens (tertiary/aromatic N) is 2. The zero-order valence-corrected chi connectivity index (χ0v) is 21.0. The summed E-state index contributed by atoms with van der Waals surface area (Å²) in [6, 6.07) is 14.6. The van der Waals surface area contributed by atoms with E-state index in [1.807, 2.05) is 13.0 Å². The minimum absolute atomic E-state index is 0.132. The van der Waals surface area contributed by atoms with E-state index in [0.717, 1.165) is 4.70 Å². The summed E-state index contributed by atoms with van der Waals surface area (Å²) in [6.07, 6.45) is 0. The number of rotatable bonds is 5. The van der Waals surface area contributed by atoms with Crippen molar-refractivity contribution in [3.63, 3.8) is 0 Å². The number of benzene rings is 3. The van der Waals surface area contributed by atoms with Crippen LogP contribution in [0.25, 0.3) is 16.0 Å². The zero-order valence-electron chi connectivity index (χ0n) is 20.1. The number of amides is 1. The van der Waals surface area contributed by atoms with Crippen molar-refractivity contribution in [3.05, 3.63) is 83.2 Å². The van der Waals surface area contributed by atoms with Gasteiger partial charge < -0.3 is 19.3 Å². The highest BCUT2D eigenvalue weighted by molar-refractivity contribution is 7.22. The largest absolute Gasteiger partial charge is 0.507 e. The lowest BCUT2D eigenvalue weighted by Crippen LogP contribution is -2.29. The molecule has 2 aliphatic heterocycles. The van der Waals surface area contributed by atoms with E-state index in [9.17, 15) is 19.1 Å². The molecule has 0 radical (unpaired) electrons. The van der Waals surface area contributed by atoms with E-state index in [2.05, 4.69) is 4.98 Å². The number of thiazole rings is 1. The first-order valence-electron chi connectivity index (χ1n) is 11.9. The average Bonchev–Trinajstić information content (AvgIpc) is 3.46. The molecule has 1 atom stereocenters. The third kappa shape index (κ3) is 4.03. The van der Waals surface area contributed by atoms with Gasteiger partial charge in [-0.15, -0.1) is 0 Å². The lowest BCUT2D eigenvalue weighted by atomic mass is 9.95. The van der Waals surface area contributed by atoms with Crippen LogP contribution in [-0.4, -0.2) is 41.6 Å². The maximum Gasteiger partial charge on any atom is 0.301 e. The van der Waals surface area contributed by atoms with Gasteiger partial charge in [-0.2, -0.15) is 0 Å². The van der Waals surface area contributed by atoms with Crippen LogP contribution in [0.2, 0.25) is 0 Å². The van der Waals surface area contributed by atoms with E-state index in [1.54, 1.807) is 30.3 Å². The number of carbonyl (C=O) groups is 2. The van der Waals surface area contributed by atoms with Gasteiger partial charge in [-0.05, 0) is 61.0 Å². The molecule has 1 aromatic heterocycles. The number of Topliss-reactive ketones (excluding diaryl/α,β-unsaturated/α-hetero) is 1. The molecule has 1 N–H and O–H groups in total. The predicted octanol–water partition coefficient (Wildman–Crippen LogP) is 5.23. The van der Waals surface area contributed by atoms with Gasteiger partial charge in [-0.3, -0.25) is 14.5 Å².